The average molecular weight is 139 g/mol. The first-order valence-electron chi connectivity index (χ1n) is 3.27. The van der Waals surface area contributed by atoms with Crippen LogP contribution in [0.25, 0.3) is 0 Å². The number of aryl methyl sites for hydroxylation is 1. The predicted octanol–water partition coefficient (Wildman–Crippen LogP) is 1.97. The fourth-order valence-electron chi connectivity index (χ4n) is 0.880. The first-order valence-corrected chi connectivity index (χ1v) is 3.27. The second-order valence-electron chi connectivity index (χ2n) is 2.25. The van der Waals surface area contributed by atoms with Gasteiger partial charge >= 0.3 is 0 Å². The molecule has 0 saturated carbocycles. The van der Waals surface area contributed by atoms with Crippen molar-refractivity contribution in [2.45, 2.75) is 13.3 Å². The highest BCUT2D eigenvalue weighted by Crippen LogP contribution is 2.10. The van der Waals surface area contributed by atoms with E-state index in [0.717, 1.165) is 12.0 Å². The van der Waals surface area contributed by atoms with Gasteiger partial charge in [-0.2, -0.15) is 0 Å². The van der Waals surface area contributed by atoms with E-state index in [0.29, 0.717) is 5.69 Å². The lowest BCUT2D eigenvalue weighted by Crippen LogP contribution is -1.89. The fraction of sp³-hybridized carbons (Fsp3) is 0.250. The minimum Gasteiger partial charge on any atom is -0.399 e. The molecule has 2 heteroatoms. The van der Waals surface area contributed by atoms with Crippen molar-refractivity contribution in [3.63, 3.8) is 0 Å². The number of nitrogens with two attached hydrogens (primary N) is 1. The maximum atomic E-state index is 12.5. The van der Waals surface area contributed by atoms with Crippen LogP contribution in [0.2, 0.25) is 0 Å². The molecule has 0 atom stereocenters. The van der Waals surface area contributed by atoms with Crippen molar-refractivity contribution in [3.05, 3.63) is 29.6 Å². The van der Waals surface area contributed by atoms with Crippen LogP contribution in [0.4, 0.5) is 10.1 Å². The van der Waals surface area contributed by atoms with Gasteiger partial charge in [0.2, 0.25) is 0 Å². The van der Waals surface area contributed by atoms with Crippen molar-refractivity contribution in [2.24, 2.45) is 0 Å². The largest absolute Gasteiger partial charge is 0.399 e. The molecule has 0 spiro atoms. The minimum absolute atomic E-state index is 0.253. The summed E-state index contributed by atoms with van der Waals surface area (Å²) in [7, 11) is 0. The molecule has 0 amide bonds. The Hall–Kier alpha value is -1.05. The number of anilines is 1. The number of hydrogen-bond acceptors (Lipinski definition) is 1. The molecule has 1 rings (SSSR count). The van der Waals surface area contributed by atoms with E-state index in [9.17, 15) is 4.39 Å². The van der Waals surface area contributed by atoms with Gasteiger partial charge in [-0.15, -0.1) is 0 Å². The second kappa shape index (κ2) is 2.69. The van der Waals surface area contributed by atoms with Crippen LogP contribution in [0.5, 0.6) is 0 Å². The zero-order valence-corrected chi connectivity index (χ0v) is 5.89. The van der Waals surface area contributed by atoms with Crippen molar-refractivity contribution < 1.29 is 4.39 Å². The van der Waals surface area contributed by atoms with Gasteiger partial charge in [0, 0.05) is 5.69 Å². The summed E-state index contributed by atoms with van der Waals surface area (Å²) in [5.41, 5.74) is 6.83. The molecule has 1 aromatic carbocycles. The topological polar surface area (TPSA) is 26.0 Å². The Morgan fingerprint density at radius 2 is 2.10 bits per heavy atom. The molecule has 2 N–H and O–H groups in total. The van der Waals surface area contributed by atoms with Gasteiger partial charge in [0.1, 0.15) is 5.82 Å². The Bertz CT molecular complexity index is 212. The van der Waals surface area contributed by atoms with Crippen LogP contribution in [0.15, 0.2) is 18.2 Å². The maximum Gasteiger partial charge on any atom is 0.125 e. The molecular weight excluding hydrogens is 129 g/mol. The average Bonchev–Trinajstić information content (AvgIpc) is 1.85. The molecule has 10 heavy (non-hydrogen) atoms. The first-order chi connectivity index (χ1) is 4.72. The Labute approximate surface area is 59.7 Å². The quantitative estimate of drug-likeness (QED) is 0.591. The third-order valence-electron chi connectivity index (χ3n) is 1.39. The number of nitrogen functional groups attached to an aromatic ring is 1. The highest BCUT2D eigenvalue weighted by Gasteiger charge is 1.94. The Morgan fingerprint density at radius 1 is 1.40 bits per heavy atom. The SMILES string of the molecule is CCc1cc(N)cc(F)c1. The summed E-state index contributed by atoms with van der Waals surface area (Å²) in [6, 6.07) is 4.60. The summed E-state index contributed by atoms with van der Waals surface area (Å²) < 4.78 is 12.5. The minimum atomic E-state index is -0.253. The number of rotatable bonds is 1. The van der Waals surface area contributed by atoms with Gasteiger partial charge in [-0.25, -0.2) is 4.39 Å². The molecule has 0 aromatic heterocycles. The van der Waals surface area contributed by atoms with Gasteiger partial charge in [0.25, 0.3) is 0 Å². The molecule has 0 aliphatic carbocycles. The zero-order chi connectivity index (χ0) is 7.56. The van der Waals surface area contributed by atoms with E-state index in [1.54, 1.807) is 6.07 Å². The van der Waals surface area contributed by atoms with Crippen molar-refractivity contribution in [1.29, 1.82) is 0 Å². The number of benzene rings is 1. The van der Waals surface area contributed by atoms with Crippen LogP contribution >= 0.6 is 0 Å². The van der Waals surface area contributed by atoms with E-state index < -0.39 is 0 Å². The summed E-state index contributed by atoms with van der Waals surface area (Å²) in [5, 5.41) is 0. The molecule has 0 bridgehead atoms. The molecule has 54 valence electrons. The molecule has 1 nitrogen and oxygen atoms in total. The second-order valence-corrected chi connectivity index (χ2v) is 2.25. The Kier molecular flexibility index (Phi) is 1.90. The van der Waals surface area contributed by atoms with Crippen LogP contribution in [0.3, 0.4) is 0 Å². The van der Waals surface area contributed by atoms with E-state index in [2.05, 4.69) is 0 Å². The van der Waals surface area contributed by atoms with E-state index in [1.807, 2.05) is 6.92 Å². The van der Waals surface area contributed by atoms with Gasteiger partial charge in [0.05, 0.1) is 0 Å². The molecule has 0 radical (unpaired) electrons. The lowest BCUT2D eigenvalue weighted by molar-refractivity contribution is 0.626. The Morgan fingerprint density at radius 3 is 2.60 bits per heavy atom. The van der Waals surface area contributed by atoms with Gasteiger partial charge in [-0.1, -0.05) is 6.92 Å². The third kappa shape index (κ3) is 1.47. The molecule has 0 saturated heterocycles. The lowest BCUT2D eigenvalue weighted by Gasteiger charge is -1.97. The molecule has 0 unspecified atom stereocenters. The number of hydrogen-bond donors (Lipinski definition) is 1. The zero-order valence-electron chi connectivity index (χ0n) is 5.89. The third-order valence-corrected chi connectivity index (χ3v) is 1.39. The van der Waals surface area contributed by atoms with Crippen molar-refractivity contribution >= 4 is 5.69 Å². The normalized spacial score (nSPS) is 9.80. The smallest absolute Gasteiger partial charge is 0.125 e. The lowest BCUT2D eigenvalue weighted by atomic mass is 10.1. The van der Waals surface area contributed by atoms with E-state index in [-0.39, 0.29) is 5.82 Å². The molecular formula is C8H10FN. The number of halogens is 1. The van der Waals surface area contributed by atoms with E-state index >= 15 is 0 Å². The molecule has 0 heterocycles. The summed E-state index contributed by atoms with van der Waals surface area (Å²) in [4.78, 5) is 0. The predicted molar refractivity (Wildman–Crippen MR) is 40.2 cm³/mol. The molecule has 1 aromatic rings. The highest BCUT2D eigenvalue weighted by molar-refractivity contribution is 5.41. The summed E-state index contributed by atoms with van der Waals surface area (Å²) in [5.74, 6) is -0.253. The van der Waals surface area contributed by atoms with E-state index in [4.69, 9.17) is 5.73 Å². The molecule has 0 aliphatic heterocycles. The Balaban J connectivity index is 3.06. The maximum absolute atomic E-state index is 12.5. The first kappa shape index (κ1) is 7.06. The van der Waals surface area contributed by atoms with Crippen LogP contribution in [-0.4, -0.2) is 0 Å². The van der Waals surface area contributed by atoms with Crippen molar-refractivity contribution in [1.82, 2.24) is 0 Å². The van der Waals surface area contributed by atoms with Crippen LogP contribution in [0.1, 0.15) is 12.5 Å². The summed E-state index contributed by atoms with van der Waals surface area (Å²) in [6.07, 6.45) is 0.821. The van der Waals surface area contributed by atoms with Gasteiger partial charge in [-0.05, 0) is 30.2 Å². The summed E-state index contributed by atoms with van der Waals surface area (Å²) in [6.45, 7) is 1.97. The fourth-order valence-corrected chi connectivity index (χ4v) is 0.880. The van der Waals surface area contributed by atoms with Gasteiger partial charge < -0.3 is 5.73 Å². The molecule has 0 aliphatic rings. The van der Waals surface area contributed by atoms with Gasteiger partial charge in [-0.3, -0.25) is 0 Å². The van der Waals surface area contributed by atoms with E-state index in [1.165, 1.54) is 12.1 Å². The molecule has 0 fully saturated rings. The monoisotopic (exact) mass is 139 g/mol. The van der Waals surface area contributed by atoms with Crippen molar-refractivity contribution in [3.8, 4) is 0 Å². The van der Waals surface area contributed by atoms with Crippen LogP contribution in [0, 0.1) is 5.82 Å². The summed E-state index contributed by atoms with van der Waals surface area (Å²) >= 11 is 0. The van der Waals surface area contributed by atoms with Crippen molar-refractivity contribution in [2.75, 3.05) is 5.73 Å². The highest BCUT2D eigenvalue weighted by atomic mass is 19.1. The van der Waals surface area contributed by atoms with Crippen LogP contribution in [-0.2, 0) is 6.42 Å². The standard InChI is InChI=1S/C8H10FN/c1-2-6-3-7(9)5-8(10)4-6/h3-5H,2,10H2,1H3. The van der Waals surface area contributed by atoms with Gasteiger partial charge in [0.15, 0.2) is 0 Å². The van der Waals surface area contributed by atoms with Crippen LogP contribution < -0.4 is 5.73 Å².